The Morgan fingerprint density at radius 2 is 1.88 bits per heavy atom. The Morgan fingerprint density at radius 1 is 1.09 bits per heavy atom. The summed E-state index contributed by atoms with van der Waals surface area (Å²) in [6.45, 7) is 1.03. The van der Waals surface area contributed by atoms with Crippen LogP contribution in [0.25, 0.3) is 20.5 Å². The van der Waals surface area contributed by atoms with Crippen LogP contribution in [0, 0.1) is 11.8 Å². The Labute approximate surface area is 201 Å². The zero-order valence-electron chi connectivity index (χ0n) is 18.1. The lowest BCUT2D eigenvalue weighted by Crippen LogP contribution is -2.44. The third-order valence-corrected chi connectivity index (χ3v) is 8.87. The van der Waals surface area contributed by atoms with Crippen LogP contribution in [0.2, 0.25) is 0 Å². The van der Waals surface area contributed by atoms with Crippen LogP contribution in [0.5, 0.6) is 0 Å². The summed E-state index contributed by atoms with van der Waals surface area (Å²) in [5.74, 6) is 0.882. The van der Waals surface area contributed by atoms with E-state index in [1.165, 1.54) is 44.9 Å². The molecule has 1 saturated heterocycles. The van der Waals surface area contributed by atoms with Crippen molar-refractivity contribution in [3.63, 3.8) is 0 Å². The number of primary amides is 1. The minimum absolute atomic E-state index is 0.274. The standard InChI is InChI=1S/C25H29BrN4OS/c26-18-9-7-17(8-10-18)22-13-19-21(29-30-23(25(27)31)24(19)32-22)12-15-6-11-20(28-14-15)16-4-2-1-3-5-16/h7-10,13,15-16,20,28H,1-6,11-12,14H2,(H2,27,31). The van der Waals surface area contributed by atoms with E-state index in [0.717, 1.165) is 49.6 Å². The minimum atomic E-state index is -0.520. The van der Waals surface area contributed by atoms with Crippen LogP contribution < -0.4 is 11.1 Å². The van der Waals surface area contributed by atoms with Crippen molar-refractivity contribution in [2.45, 2.75) is 57.4 Å². The average Bonchev–Trinajstić information content (AvgIpc) is 3.26. The van der Waals surface area contributed by atoms with Crippen LogP contribution in [0.3, 0.4) is 0 Å². The second-order valence-electron chi connectivity index (χ2n) is 9.28. The Hall–Kier alpha value is -1.83. The maximum atomic E-state index is 12.0. The molecule has 1 aliphatic heterocycles. The molecule has 0 spiro atoms. The molecule has 1 saturated carbocycles. The molecule has 1 aliphatic carbocycles. The number of nitrogens with one attached hydrogen (secondary N) is 1. The number of thiophene rings is 1. The number of fused-ring (bicyclic) bond motifs is 1. The molecule has 3 heterocycles. The molecule has 0 bridgehead atoms. The Balaban J connectivity index is 1.37. The molecule has 1 aromatic carbocycles. The highest BCUT2D eigenvalue weighted by atomic mass is 79.9. The first kappa shape index (κ1) is 22.0. The van der Waals surface area contributed by atoms with E-state index in [1.807, 2.05) is 12.1 Å². The van der Waals surface area contributed by atoms with Gasteiger partial charge in [0.25, 0.3) is 5.91 Å². The van der Waals surface area contributed by atoms with Crippen LogP contribution in [0.15, 0.2) is 34.8 Å². The highest BCUT2D eigenvalue weighted by Gasteiger charge is 2.29. The minimum Gasteiger partial charge on any atom is -0.364 e. The number of hydrogen-bond donors (Lipinski definition) is 2. The largest absolute Gasteiger partial charge is 0.364 e. The molecule has 2 aliphatic rings. The van der Waals surface area contributed by atoms with E-state index in [4.69, 9.17) is 5.73 Å². The van der Waals surface area contributed by atoms with Gasteiger partial charge in [0.15, 0.2) is 5.69 Å². The Morgan fingerprint density at radius 3 is 2.56 bits per heavy atom. The molecule has 2 atom stereocenters. The quantitative estimate of drug-likeness (QED) is 0.458. The van der Waals surface area contributed by atoms with E-state index in [1.54, 1.807) is 11.3 Å². The molecule has 5 nitrogen and oxygen atoms in total. The normalized spacial score (nSPS) is 22.3. The molecular weight excluding hydrogens is 484 g/mol. The molecule has 5 rings (SSSR count). The van der Waals surface area contributed by atoms with Crippen LogP contribution in [-0.2, 0) is 6.42 Å². The average molecular weight is 514 g/mol. The first-order valence-electron chi connectivity index (χ1n) is 11.7. The summed E-state index contributed by atoms with van der Waals surface area (Å²) >= 11 is 5.07. The summed E-state index contributed by atoms with van der Waals surface area (Å²) in [4.78, 5) is 13.1. The third-order valence-electron chi connectivity index (χ3n) is 7.15. The van der Waals surface area contributed by atoms with Gasteiger partial charge in [-0.15, -0.1) is 16.4 Å². The Kier molecular flexibility index (Phi) is 6.58. The second-order valence-corrected chi connectivity index (χ2v) is 11.2. The number of piperidine rings is 1. The van der Waals surface area contributed by atoms with E-state index < -0.39 is 5.91 Å². The van der Waals surface area contributed by atoms with Crippen LogP contribution in [0.1, 0.15) is 61.1 Å². The molecule has 3 N–H and O–H groups in total. The molecule has 0 radical (unpaired) electrons. The smallest absolute Gasteiger partial charge is 0.270 e. The number of nitrogens with zero attached hydrogens (tertiary/aromatic N) is 2. The monoisotopic (exact) mass is 512 g/mol. The SMILES string of the molecule is NC(=O)c1nnc(CC2CCC(C3CCCCC3)NC2)c2cc(-c3ccc(Br)cc3)sc12. The molecule has 2 fully saturated rings. The lowest BCUT2D eigenvalue weighted by molar-refractivity contribution is 0.0996. The number of carbonyl (C=O) groups excluding carboxylic acids is 1. The first-order chi connectivity index (χ1) is 15.6. The van der Waals surface area contributed by atoms with Gasteiger partial charge in [-0.3, -0.25) is 4.79 Å². The van der Waals surface area contributed by atoms with E-state index >= 15 is 0 Å². The summed E-state index contributed by atoms with van der Waals surface area (Å²) in [5, 5.41) is 13.6. The summed E-state index contributed by atoms with van der Waals surface area (Å²) < 4.78 is 1.89. The lowest BCUT2D eigenvalue weighted by Gasteiger charge is -2.36. The van der Waals surface area contributed by atoms with Gasteiger partial charge in [-0.1, -0.05) is 47.3 Å². The van der Waals surface area contributed by atoms with Gasteiger partial charge in [0, 0.05) is 20.8 Å². The fraction of sp³-hybridized carbons (Fsp3) is 0.480. The third kappa shape index (κ3) is 4.61. The first-order valence-corrected chi connectivity index (χ1v) is 13.3. The van der Waals surface area contributed by atoms with E-state index in [-0.39, 0.29) is 5.69 Å². The van der Waals surface area contributed by atoms with Gasteiger partial charge in [0.1, 0.15) is 0 Å². The predicted octanol–water partition coefficient (Wildman–Crippen LogP) is 5.71. The highest BCUT2D eigenvalue weighted by Crippen LogP contribution is 2.38. The molecule has 3 aromatic rings. The summed E-state index contributed by atoms with van der Waals surface area (Å²) in [5.41, 5.74) is 7.99. The fourth-order valence-corrected chi connectivity index (χ4v) is 6.82. The van der Waals surface area contributed by atoms with Crippen LogP contribution in [-0.4, -0.2) is 28.7 Å². The van der Waals surface area contributed by atoms with Crippen molar-refractivity contribution < 1.29 is 4.79 Å². The van der Waals surface area contributed by atoms with E-state index in [9.17, 15) is 4.79 Å². The molecule has 7 heteroatoms. The molecular formula is C25H29BrN4OS. The summed E-state index contributed by atoms with van der Waals surface area (Å²) in [6, 6.07) is 11.1. The zero-order chi connectivity index (χ0) is 22.1. The molecule has 1 amide bonds. The highest BCUT2D eigenvalue weighted by molar-refractivity contribution is 9.10. The number of hydrogen-bond acceptors (Lipinski definition) is 5. The number of carbonyl (C=O) groups is 1. The van der Waals surface area contributed by atoms with Gasteiger partial charge >= 0.3 is 0 Å². The van der Waals surface area contributed by atoms with Crippen molar-refractivity contribution in [1.82, 2.24) is 15.5 Å². The number of aromatic nitrogens is 2. The van der Waals surface area contributed by atoms with Gasteiger partial charge in [0.05, 0.1) is 10.4 Å². The Bertz CT molecular complexity index is 1100. The van der Waals surface area contributed by atoms with E-state index in [2.05, 4.69) is 49.6 Å². The number of rotatable bonds is 5. The lowest BCUT2D eigenvalue weighted by atomic mass is 9.78. The maximum absolute atomic E-state index is 12.0. The maximum Gasteiger partial charge on any atom is 0.270 e. The molecule has 2 unspecified atom stereocenters. The second kappa shape index (κ2) is 9.57. The van der Waals surface area contributed by atoms with Gasteiger partial charge in [-0.25, -0.2) is 0 Å². The topological polar surface area (TPSA) is 80.9 Å². The van der Waals surface area contributed by atoms with Gasteiger partial charge in [-0.2, -0.15) is 5.10 Å². The number of amides is 1. The zero-order valence-corrected chi connectivity index (χ0v) is 20.6. The van der Waals surface area contributed by atoms with Crippen molar-refractivity contribution >= 4 is 43.3 Å². The summed E-state index contributed by atoms with van der Waals surface area (Å²) in [6.07, 6.45) is 10.3. The summed E-state index contributed by atoms with van der Waals surface area (Å²) in [7, 11) is 0. The fourth-order valence-electron chi connectivity index (χ4n) is 5.38. The molecule has 2 aromatic heterocycles. The van der Waals surface area contributed by atoms with Crippen LogP contribution >= 0.6 is 27.3 Å². The molecule has 32 heavy (non-hydrogen) atoms. The van der Waals surface area contributed by atoms with Crippen molar-refractivity contribution in [3.8, 4) is 10.4 Å². The van der Waals surface area contributed by atoms with Gasteiger partial charge < -0.3 is 11.1 Å². The van der Waals surface area contributed by atoms with Crippen molar-refractivity contribution in [1.29, 1.82) is 0 Å². The number of halogens is 1. The van der Waals surface area contributed by atoms with Crippen molar-refractivity contribution in [3.05, 3.63) is 46.2 Å². The van der Waals surface area contributed by atoms with Gasteiger partial charge in [-0.05, 0) is 74.2 Å². The van der Waals surface area contributed by atoms with Crippen molar-refractivity contribution in [2.75, 3.05) is 6.54 Å². The number of nitrogens with two attached hydrogens (primary N) is 1. The predicted molar refractivity (Wildman–Crippen MR) is 134 cm³/mol. The number of benzene rings is 1. The molecule has 168 valence electrons. The van der Waals surface area contributed by atoms with Crippen molar-refractivity contribution in [2.24, 2.45) is 17.6 Å². The van der Waals surface area contributed by atoms with Gasteiger partial charge in [0.2, 0.25) is 0 Å². The van der Waals surface area contributed by atoms with E-state index in [0.29, 0.717) is 12.0 Å². The van der Waals surface area contributed by atoms with Crippen LogP contribution in [0.4, 0.5) is 0 Å².